The highest BCUT2D eigenvalue weighted by Gasteiger charge is 2.38. The number of rotatable bonds is 8. The van der Waals surface area contributed by atoms with Gasteiger partial charge in [-0.3, -0.25) is 4.79 Å². The molecule has 3 N–H and O–H groups in total. The number of hydrogen-bond donors (Lipinski definition) is 3. The van der Waals surface area contributed by atoms with Crippen molar-refractivity contribution in [3.63, 3.8) is 0 Å². The van der Waals surface area contributed by atoms with Crippen LogP contribution in [0.2, 0.25) is 0 Å². The molecule has 1 aromatic rings. The van der Waals surface area contributed by atoms with Gasteiger partial charge < -0.3 is 16.0 Å². The fourth-order valence-corrected chi connectivity index (χ4v) is 4.76. The summed E-state index contributed by atoms with van der Waals surface area (Å²) in [5.74, 6) is 0.0785. The zero-order valence-electron chi connectivity index (χ0n) is 18.0. The third-order valence-electron chi connectivity index (χ3n) is 5.98. The molecule has 1 aliphatic rings. The Morgan fingerprint density at radius 2 is 1.75 bits per heavy atom. The normalized spacial score (nSPS) is 24.4. The predicted octanol–water partition coefficient (Wildman–Crippen LogP) is 5.17. The van der Waals surface area contributed by atoms with E-state index < -0.39 is 0 Å². The summed E-state index contributed by atoms with van der Waals surface area (Å²) in [6.07, 6.45) is 8.52. The Bertz CT molecular complexity index is 660. The monoisotopic (exact) mass is 403 g/mol. The van der Waals surface area contributed by atoms with Crippen LogP contribution in [0.1, 0.15) is 71.3 Å². The highest BCUT2D eigenvalue weighted by Crippen LogP contribution is 2.48. The van der Waals surface area contributed by atoms with Crippen molar-refractivity contribution >= 4 is 28.9 Å². The number of nitrogens with one attached hydrogen (secondary N) is 3. The molecule has 0 aromatic heterocycles. The predicted molar refractivity (Wildman–Crippen MR) is 123 cm³/mol. The van der Waals surface area contributed by atoms with Gasteiger partial charge in [-0.2, -0.15) is 0 Å². The lowest BCUT2D eigenvalue weighted by atomic mass is 9.62. The van der Waals surface area contributed by atoms with Crippen LogP contribution in [0.3, 0.4) is 0 Å². The Morgan fingerprint density at radius 1 is 1.07 bits per heavy atom. The van der Waals surface area contributed by atoms with Gasteiger partial charge in [0.05, 0.1) is 0 Å². The summed E-state index contributed by atoms with van der Waals surface area (Å²) in [4.78, 5) is 11.3. The summed E-state index contributed by atoms with van der Waals surface area (Å²) in [5.41, 5.74) is 2.88. The van der Waals surface area contributed by atoms with Crippen molar-refractivity contribution in [3.8, 4) is 0 Å². The number of anilines is 1. The summed E-state index contributed by atoms with van der Waals surface area (Å²) >= 11 is 5.39. The molecular weight excluding hydrogens is 366 g/mol. The van der Waals surface area contributed by atoms with Crippen LogP contribution in [0.5, 0.6) is 0 Å². The topological polar surface area (TPSA) is 53.2 Å². The summed E-state index contributed by atoms with van der Waals surface area (Å²) in [6, 6.07) is 8.25. The van der Waals surface area contributed by atoms with Crippen LogP contribution in [0.15, 0.2) is 24.3 Å². The van der Waals surface area contributed by atoms with Crippen LogP contribution in [-0.2, 0) is 4.79 Å². The molecular formula is C23H37N3OS. The molecule has 0 heterocycles. The second-order valence-electron chi connectivity index (χ2n) is 9.27. The highest BCUT2D eigenvalue weighted by molar-refractivity contribution is 7.80. The fourth-order valence-electron chi connectivity index (χ4n) is 4.54. The van der Waals surface area contributed by atoms with Crippen LogP contribution in [0.25, 0.3) is 0 Å². The van der Waals surface area contributed by atoms with E-state index in [4.69, 9.17) is 12.2 Å². The fraction of sp³-hybridized carbons (Fsp3) is 0.652. The number of carbonyl (C=O) groups is 1. The summed E-state index contributed by atoms with van der Waals surface area (Å²) in [5, 5.41) is 10.3. The molecule has 1 amide bonds. The lowest BCUT2D eigenvalue weighted by molar-refractivity contribution is -0.119. The van der Waals surface area contributed by atoms with E-state index in [9.17, 15) is 4.79 Å². The quantitative estimate of drug-likeness (QED) is 0.414. The number of unbranched alkanes of at least 4 members (excludes halogenated alkanes) is 1. The van der Waals surface area contributed by atoms with E-state index in [2.05, 4.69) is 48.9 Å². The lowest BCUT2D eigenvalue weighted by Gasteiger charge is -2.45. The van der Waals surface area contributed by atoms with Crippen LogP contribution in [0.4, 0.5) is 5.69 Å². The van der Waals surface area contributed by atoms with Crippen molar-refractivity contribution in [1.29, 1.82) is 0 Å². The van der Waals surface area contributed by atoms with Gasteiger partial charge in [0.25, 0.3) is 0 Å². The first-order chi connectivity index (χ1) is 13.2. The Kier molecular flexibility index (Phi) is 8.29. The third-order valence-corrected chi connectivity index (χ3v) is 6.23. The number of thiocarbonyl (C=S) groups is 1. The van der Waals surface area contributed by atoms with Gasteiger partial charge in [0.2, 0.25) is 5.91 Å². The van der Waals surface area contributed by atoms with Gasteiger partial charge in [0.15, 0.2) is 5.11 Å². The van der Waals surface area contributed by atoms with Crippen molar-refractivity contribution in [3.05, 3.63) is 29.8 Å². The zero-order chi connectivity index (χ0) is 20.6. The van der Waals surface area contributed by atoms with Crippen molar-refractivity contribution in [2.45, 2.75) is 72.6 Å². The van der Waals surface area contributed by atoms with Crippen molar-refractivity contribution in [2.24, 2.45) is 10.8 Å². The third kappa shape index (κ3) is 7.78. The van der Waals surface area contributed by atoms with Gasteiger partial charge in [-0.25, -0.2) is 0 Å². The van der Waals surface area contributed by atoms with Crippen LogP contribution in [0, 0.1) is 17.8 Å². The molecule has 0 bridgehead atoms. The summed E-state index contributed by atoms with van der Waals surface area (Å²) in [6.45, 7) is 10.1. The highest BCUT2D eigenvalue weighted by atomic mass is 32.1. The summed E-state index contributed by atoms with van der Waals surface area (Å²) < 4.78 is 0. The molecule has 1 aliphatic carbocycles. The maximum atomic E-state index is 11.3. The Labute approximate surface area is 176 Å². The number of carbonyl (C=O) groups excluding carboxylic acids is 1. The van der Waals surface area contributed by atoms with E-state index in [1.54, 1.807) is 6.92 Å². The standard InChI is InChI=1S/C23H37N3OS/c1-18-8-10-20(11-9-18)26-21(28)24-15-6-5-12-22(3)13-7-14-23(4,16-22)17-25-19(2)27/h8-11H,5-7,12-17H2,1-4H3,(H,25,27)(H2,24,26,28)/t22-,23?/m1/s1. The maximum absolute atomic E-state index is 11.3. The minimum atomic E-state index is 0.0785. The van der Waals surface area contributed by atoms with E-state index in [-0.39, 0.29) is 11.3 Å². The van der Waals surface area contributed by atoms with E-state index in [0.29, 0.717) is 10.5 Å². The molecule has 1 fully saturated rings. The van der Waals surface area contributed by atoms with E-state index in [0.717, 1.165) is 25.2 Å². The SMILES string of the molecule is CC(=O)NCC1(C)CCC[C@@](C)(CCCCNC(=S)Nc2ccc(C)cc2)C1. The molecule has 28 heavy (non-hydrogen) atoms. The molecule has 1 saturated carbocycles. The molecule has 0 saturated heterocycles. The van der Waals surface area contributed by atoms with Gasteiger partial charge in [-0.15, -0.1) is 0 Å². The van der Waals surface area contributed by atoms with Crippen LogP contribution < -0.4 is 16.0 Å². The van der Waals surface area contributed by atoms with Crippen molar-refractivity contribution in [2.75, 3.05) is 18.4 Å². The molecule has 5 heteroatoms. The molecule has 156 valence electrons. The molecule has 2 rings (SSSR count). The second-order valence-corrected chi connectivity index (χ2v) is 9.67. The number of amides is 1. The first-order valence-corrected chi connectivity index (χ1v) is 11.0. The van der Waals surface area contributed by atoms with E-state index in [1.807, 2.05) is 12.1 Å². The van der Waals surface area contributed by atoms with Gasteiger partial charge in [-0.05, 0) is 74.2 Å². The van der Waals surface area contributed by atoms with Crippen LogP contribution >= 0.6 is 12.2 Å². The largest absolute Gasteiger partial charge is 0.362 e. The molecule has 4 nitrogen and oxygen atoms in total. The minimum Gasteiger partial charge on any atom is -0.362 e. The van der Waals surface area contributed by atoms with Gasteiger partial charge in [0, 0.05) is 25.7 Å². The second kappa shape index (κ2) is 10.2. The zero-order valence-corrected chi connectivity index (χ0v) is 18.8. The van der Waals surface area contributed by atoms with Gasteiger partial charge in [0.1, 0.15) is 0 Å². The minimum absolute atomic E-state index is 0.0785. The molecule has 0 aliphatic heterocycles. The van der Waals surface area contributed by atoms with Crippen molar-refractivity contribution < 1.29 is 4.79 Å². The van der Waals surface area contributed by atoms with Gasteiger partial charge in [-0.1, -0.05) is 44.4 Å². The van der Waals surface area contributed by atoms with E-state index >= 15 is 0 Å². The van der Waals surface area contributed by atoms with Crippen molar-refractivity contribution in [1.82, 2.24) is 10.6 Å². The Morgan fingerprint density at radius 3 is 2.43 bits per heavy atom. The molecule has 1 unspecified atom stereocenters. The number of aryl methyl sites for hydroxylation is 1. The number of hydrogen-bond acceptors (Lipinski definition) is 2. The van der Waals surface area contributed by atoms with Gasteiger partial charge >= 0.3 is 0 Å². The Balaban J connectivity index is 1.67. The molecule has 0 spiro atoms. The lowest BCUT2D eigenvalue weighted by Crippen LogP contribution is -2.41. The van der Waals surface area contributed by atoms with E-state index in [1.165, 1.54) is 44.1 Å². The molecule has 1 aromatic carbocycles. The molecule has 0 radical (unpaired) electrons. The smallest absolute Gasteiger partial charge is 0.216 e. The first kappa shape index (κ1) is 22.7. The summed E-state index contributed by atoms with van der Waals surface area (Å²) in [7, 11) is 0. The maximum Gasteiger partial charge on any atom is 0.216 e. The average Bonchev–Trinajstić information content (AvgIpc) is 2.61. The average molecular weight is 404 g/mol. The molecule has 2 atom stereocenters. The van der Waals surface area contributed by atoms with Crippen LogP contribution in [-0.4, -0.2) is 24.1 Å². The number of benzene rings is 1. The Hall–Kier alpha value is -1.62. The first-order valence-electron chi connectivity index (χ1n) is 10.6.